The van der Waals surface area contributed by atoms with E-state index < -0.39 is 16.3 Å². The fourth-order valence-corrected chi connectivity index (χ4v) is 3.46. The van der Waals surface area contributed by atoms with Gasteiger partial charge in [-0.3, -0.25) is 24.4 Å². The Morgan fingerprint density at radius 3 is 2.44 bits per heavy atom. The van der Waals surface area contributed by atoms with E-state index in [2.05, 4.69) is 5.10 Å². The number of carbonyl (C=O) groups is 2. The molecule has 0 aliphatic carbocycles. The molecule has 0 spiro atoms. The number of carbonyl (C=O) groups excluding carboxylic acids is 1. The first-order chi connectivity index (χ1) is 12.9. The molecule has 27 heavy (non-hydrogen) atoms. The van der Waals surface area contributed by atoms with Crippen LogP contribution in [0.5, 0.6) is 0 Å². The molecule has 0 unspecified atom stereocenters. The first-order valence-corrected chi connectivity index (χ1v) is 8.66. The van der Waals surface area contributed by atoms with E-state index >= 15 is 0 Å². The highest BCUT2D eigenvalue weighted by Crippen LogP contribution is 2.36. The maximum Gasteiger partial charge on any atom is 0.314 e. The molecule has 1 amide bonds. The van der Waals surface area contributed by atoms with Crippen molar-refractivity contribution >= 4 is 17.6 Å². The summed E-state index contributed by atoms with van der Waals surface area (Å²) < 4.78 is 1.37. The van der Waals surface area contributed by atoms with Crippen molar-refractivity contribution in [2.75, 3.05) is 13.1 Å². The van der Waals surface area contributed by atoms with Gasteiger partial charge in [-0.1, -0.05) is 30.3 Å². The molecule has 0 saturated carbocycles. The molecule has 1 fully saturated rings. The van der Waals surface area contributed by atoms with Gasteiger partial charge in [0.25, 0.3) is 0 Å². The number of piperidine rings is 1. The van der Waals surface area contributed by atoms with Crippen LogP contribution in [0.15, 0.2) is 42.7 Å². The number of aliphatic carboxylic acids is 1. The summed E-state index contributed by atoms with van der Waals surface area (Å²) in [4.78, 5) is 36.2. The largest absolute Gasteiger partial charge is 0.481 e. The summed E-state index contributed by atoms with van der Waals surface area (Å²) in [6, 6.07) is 9.12. The maximum atomic E-state index is 12.4. The number of likely N-dealkylation sites (tertiary alicyclic amines) is 1. The molecule has 1 aromatic heterocycles. The lowest BCUT2D eigenvalue weighted by atomic mass is 9.73. The Balaban J connectivity index is 1.59. The Morgan fingerprint density at radius 2 is 1.89 bits per heavy atom. The van der Waals surface area contributed by atoms with Crippen LogP contribution in [0.3, 0.4) is 0 Å². The van der Waals surface area contributed by atoms with Crippen LogP contribution >= 0.6 is 0 Å². The number of amides is 1. The highest BCUT2D eigenvalue weighted by molar-refractivity contribution is 5.82. The Labute approximate surface area is 155 Å². The second-order valence-electron chi connectivity index (χ2n) is 6.60. The zero-order valence-electron chi connectivity index (χ0n) is 14.7. The van der Waals surface area contributed by atoms with E-state index in [9.17, 15) is 24.8 Å². The van der Waals surface area contributed by atoms with E-state index in [0.717, 1.165) is 11.8 Å². The van der Waals surface area contributed by atoms with Crippen molar-refractivity contribution in [2.24, 2.45) is 0 Å². The van der Waals surface area contributed by atoms with Crippen LogP contribution in [0.25, 0.3) is 0 Å². The maximum absolute atomic E-state index is 12.4. The highest BCUT2D eigenvalue weighted by Gasteiger charge is 2.43. The number of benzene rings is 1. The molecule has 1 aromatic carbocycles. The Bertz CT molecular complexity index is 840. The number of hydrogen-bond donors (Lipinski definition) is 1. The van der Waals surface area contributed by atoms with Gasteiger partial charge in [0, 0.05) is 26.1 Å². The van der Waals surface area contributed by atoms with Crippen molar-refractivity contribution in [3.63, 3.8) is 0 Å². The smallest absolute Gasteiger partial charge is 0.314 e. The number of rotatable bonds is 6. The standard InChI is InChI=1S/C18H20N4O5/c23-16(6-9-21-13-15(12-19-21)22(26)27)20-10-7-18(8-11-20,17(24)25)14-4-2-1-3-5-14/h1-5,12-13H,6-11H2,(H,24,25). The summed E-state index contributed by atoms with van der Waals surface area (Å²) in [5.74, 6) is -0.982. The summed E-state index contributed by atoms with van der Waals surface area (Å²) in [6.45, 7) is 0.963. The van der Waals surface area contributed by atoms with Crippen LogP contribution < -0.4 is 0 Å². The zero-order chi connectivity index (χ0) is 19.4. The van der Waals surface area contributed by atoms with Crippen molar-refractivity contribution in [1.82, 2.24) is 14.7 Å². The number of hydrogen-bond acceptors (Lipinski definition) is 5. The summed E-state index contributed by atoms with van der Waals surface area (Å²) >= 11 is 0. The molecule has 9 heteroatoms. The van der Waals surface area contributed by atoms with Crippen molar-refractivity contribution in [3.8, 4) is 0 Å². The predicted molar refractivity (Wildman–Crippen MR) is 95.1 cm³/mol. The molecule has 1 N–H and O–H groups in total. The van der Waals surface area contributed by atoms with Gasteiger partial charge >= 0.3 is 11.7 Å². The Hall–Kier alpha value is -3.23. The average Bonchev–Trinajstić information content (AvgIpc) is 3.16. The van der Waals surface area contributed by atoms with Crippen LogP contribution in [-0.4, -0.2) is 49.7 Å². The number of aromatic nitrogens is 2. The van der Waals surface area contributed by atoms with Gasteiger partial charge in [0.15, 0.2) is 0 Å². The zero-order valence-corrected chi connectivity index (χ0v) is 14.7. The summed E-state index contributed by atoms with van der Waals surface area (Å²) in [7, 11) is 0. The van der Waals surface area contributed by atoms with Crippen molar-refractivity contribution < 1.29 is 19.6 Å². The van der Waals surface area contributed by atoms with Gasteiger partial charge < -0.3 is 10.0 Å². The normalized spacial score (nSPS) is 16.1. The van der Waals surface area contributed by atoms with E-state index in [1.54, 1.807) is 4.90 Å². The molecule has 0 radical (unpaired) electrons. The van der Waals surface area contributed by atoms with Crippen LogP contribution in [0.2, 0.25) is 0 Å². The molecule has 2 heterocycles. The lowest BCUT2D eigenvalue weighted by Gasteiger charge is -2.39. The number of carboxylic acid groups (broad SMARTS) is 1. The number of nitrogens with zero attached hydrogens (tertiary/aromatic N) is 4. The fourth-order valence-electron chi connectivity index (χ4n) is 3.46. The van der Waals surface area contributed by atoms with Crippen LogP contribution in [0.4, 0.5) is 5.69 Å². The summed E-state index contributed by atoms with van der Waals surface area (Å²) in [6.07, 6.45) is 3.29. The van der Waals surface area contributed by atoms with Crippen LogP contribution in [0, 0.1) is 10.1 Å². The fraction of sp³-hybridized carbons (Fsp3) is 0.389. The van der Waals surface area contributed by atoms with E-state index in [4.69, 9.17) is 0 Å². The summed E-state index contributed by atoms with van der Waals surface area (Å²) in [5, 5.41) is 24.3. The lowest BCUT2D eigenvalue weighted by molar-refractivity contribution is -0.385. The third-order valence-corrected chi connectivity index (χ3v) is 5.09. The molecule has 0 bridgehead atoms. The van der Waals surface area contributed by atoms with Gasteiger partial charge in [0.2, 0.25) is 5.91 Å². The van der Waals surface area contributed by atoms with Crippen molar-refractivity contribution in [3.05, 3.63) is 58.4 Å². The van der Waals surface area contributed by atoms with Gasteiger partial charge in [-0.15, -0.1) is 0 Å². The van der Waals surface area contributed by atoms with Gasteiger partial charge in [-0.25, -0.2) is 0 Å². The quantitative estimate of drug-likeness (QED) is 0.610. The Morgan fingerprint density at radius 1 is 1.22 bits per heavy atom. The van der Waals surface area contributed by atoms with Crippen LogP contribution in [-0.2, 0) is 21.5 Å². The third kappa shape index (κ3) is 3.81. The first-order valence-electron chi connectivity index (χ1n) is 8.66. The lowest BCUT2D eigenvalue weighted by Crippen LogP contribution is -2.49. The predicted octanol–water partition coefficient (Wildman–Crippen LogP) is 1.83. The van der Waals surface area contributed by atoms with Gasteiger partial charge in [-0.05, 0) is 18.4 Å². The van der Waals surface area contributed by atoms with Crippen molar-refractivity contribution in [1.29, 1.82) is 0 Å². The highest BCUT2D eigenvalue weighted by atomic mass is 16.6. The minimum atomic E-state index is -0.972. The minimum absolute atomic E-state index is 0.111. The molecule has 142 valence electrons. The molecular weight excluding hydrogens is 352 g/mol. The third-order valence-electron chi connectivity index (χ3n) is 5.09. The molecule has 9 nitrogen and oxygen atoms in total. The van der Waals surface area contributed by atoms with E-state index in [-0.39, 0.29) is 24.6 Å². The minimum Gasteiger partial charge on any atom is -0.481 e. The summed E-state index contributed by atoms with van der Waals surface area (Å²) in [5.41, 5.74) is -0.330. The first kappa shape index (κ1) is 18.6. The molecule has 1 aliphatic rings. The van der Waals surface area contributed by atoms with Gasteiger partial charge in [0.1, 0.15) is 12.4 Å². The molecule has 0 atom stereocenters. The average molecular weight is 372 g/mol. The van der Waals surface area contributed by atoms with E-state index in [0.29, 0.717) is 25.9 Å². The van der Waals surface area contributed by atoms with Gasteiger partial charge in [0.05, 0.1) is 10.3 Å². The molecule has 3 rings (SSSR count). The molecular formula is C18H20N4O5. The van der Waals surface area contributed by atoms with E-state index in [1.807, 2.05) is 30.3 Å². The van der Waals surface area contributed by atoms with Crippen molar-refractivity contribution in [2.45, 2.75) is 31.2 Å². The van der Waals surface area contributed by atoms with Crippen LogP contribution in [0.1, 0.15) is 24.8 Å². The number of aryl methyl sites for hydroxylation is 1. The second-order valence-corrected chi connectivity index (χ2v) is 6.60. The SMILES string of the molecule is O=C(CCn1cc([N+](=O)[O-])cn1)N1CCC(C(=O)O)(c2ccccc2)CC1. The number of carboxylic acids is 1. The molecule has 2 aromatic rings. The Kier molecular flexibility index (Phi) is 5.20. The molecule has 1 aliphatic heterocycles. The molecule has 1 saturated heterocycles. The topological polar surface area (TPSA) is 119 Å². The number of nitro groups is 1. The monoisotopic (exact) mass is 372 g/mol. The second kappa shape index (κ2) is 7.56. The van der Waals surface area contributed by atoms with E-state index in [1.165, 1.54) is 10.9 Å². The van der Waals surface area contributed by atoms with Gasteiger partial charge in [-0.2, -0.15) is 5.10 Å².